The quantitative estimate of drug-likeness (QED) is 0.825. The summed E-state index contributed by atoms with van der Waals surface area (Å²) in [5.74, 6) is 0.919. The van der Waals surface area contributed by atoms with Crippen molar-refractivity contribution in [3.8, 4) is 11.5 Å². The minimum absolute atomic E-state index is 0.184. The molecule has 21 heavy (non-hydrogen) atoms. The van der Waals surface area contributed by atoms with Crippen molar-refractivity contribution in [2.45, 2.75) is 6.54 Å². The summed E-state index contributed by atoms with van der Waals surface area (Å²) in [5, 5.41) is 6.85. The van der Waals surface area contributed by atoms with Gasteiger partial charge in [0.2, 0.25) is 0 Å². The number of amides is 1. The summed E-state index contributed by atoms with van der Waals surface area (Å²) in [7, 11) is 3.08. The molecule has 0 unspecified atom stereocenters. The molecule has 1 aromatic carbocycles. The molecule has 112 valence electrons. The van der Waals surface area contributed by atoms with Gasteiger partial charge in [0.1, 0.15) is 0 Å². The third-order valence-corrected chi connectivity index (χ3v) is 2.93. The lowest BCUT2D eigenvalue weighted by Crippen LogP contribution is -2.27. The van der Waals surface area contributed by atoms with Crippen LogP contribution in [0.15, 0.2) is 30.6 Å². The lowest BCUT2D eigenvalue weighted by atomic mass is 10.2. The third-order valence-electron chi connectivity index (χ3n) is 2.93. The first-order chi connectivity index (χ1) is 10.1. The summed E-state index contributed by atoms with van der Waals surface area (Å²) in [6.45, 7) is 1.00. The standard InChI is InChI=1S/C14H18N4O3/c1-20-12-4-3-10(7-13(12)21-2)14(19)16-5-6-18-9-11(15)8-17-18/h3-4,7-9H,5-6,15H2,1-2H3,(H,16,19). The van der Waals surface area contributed by atoms with E-state index in [-0.39, 0.29) is 5.91 Å². The average Bonchev–Trinajstić information content (AvgIpc) is 2.91. The van der Waals surface area contributed by atoms with Crippen molar-refractivity contribution in [1.82, 2.24) is 15.1 Å². The Morgan fingerprint density at radius 3 is 2.71 bits per heavy atom. The van der Waals surface area contributed by atoms with E-state index in [2.05, 4.69) is 10.4 Å². The molecular weight excluding hydrogens is 272 g/mol. The maximum absolute atomic E-state index is 12.0. The number of carbonyl (C=O) groups is 1. The molecule has 3 N–H and O–H groups in total. The molecule has 0 bridgehead atoms. The molecule has 1 heterocycles. The van der Waals surface area contributed by atoms with Crippen LogP contribution in [-0.2, 0) is 6.54 Å². The van der Waals surface area contributed by atoms with Gasteiger partial charge in [0.15, 0.2) is 11.5 Å². The first-order valence-corrected chi connectivity index (χ1v) is 6.42. The number of benzene rings is 1. The predicted molar refractivity (Wildman–Crippen MR) is 78.5 cm³/mol. The van der Waals surface area contributed by atoms with Crippen LogP contribution in [0.4, 0.5) is 5.69 Å². The molecule has 0 radical (unpaired) electrons. The average molecular weight is 290 g/mol. The van der Waals surface area contributed by atoms with E-state index in [9.17, 15) is 4.79 Å². The second kappa shape index (κ2) is 6.65. The lowest BCUT2D eigenvalue weighted by Gasteiger charge is -2.10. The van der Waals surface area contributed by atoms with Crippen LogP contribution in [0.25, 0.3) is 0 Å². The largest absolute Gasteiger partial charge is 0.493 e. The van der Waals surface area contributed by atoms with Gasteiger partial charge in [-0.25, -0.2) is 0 Å². The van der Waals surface area contributed by atoms with Crippen molar-refractivity contribution in [2.24, 2.45) is 0 Å². The summed E-state index contributed by atoms with van der Waals surface area (Å²) < 4.78 is 12.0. The summed E-state index contributed by atoms with van der Waals surface area (Å²) in [4.78, 5) is 12.0. The number of nitrogens with two attached hydrogens (primary N) is 1. The SMILES string of the molecule is COc1ccc(C(=O)NCCn2cc(N)cn2)cc1OC. The molecule has 0 spiro atoms. The van der Waals surface area contributed by atoms with Crippen LogP contribution in [-0.4, -0.2) is 36.5 Å². The van der Waals surface area contributed by atoms with Crippen molar-refractivity contribution in [3.63, 3.8) is 0 Å². The van der Waals surface area contributed by atoms with Crippen LogP contribution >= 0.6 is 0 Å². The number of rotatable bonds is 6. The second-order valence-corrected chi connectivity index (χ2v) is 4.36. The van der Waals surface area contributed by atoms with Crippen molar-refractivity contribution < 1.29 is 14.3 Å². The Kier molecular flexibility index (Phi) is 4.65. The highest BCUT2D eigenvalue weighted by Crippen LogP contribution is 2.27. The van der Waals surface area contributed by atoms with E-state index in [1.54, 1.807) is 42.4 Å². The van der Waals surface area contributed by atoms with E-state index in [1.807, 2.05) is 0 Å². The molecule has 0 saturated carbocycles. The van der Waals surface area contributed by atoms with E-state index in [1.165, 1.54) is 7.11 Å². The summed E-state index contributed by atoms with van der Waals surface area (Å²) in [6.07, 6.45) is 3.28. The molecule has 1 aromatic heterocycles. The smallest absolute Gasteiger partial charge is 0.251 e. The maximum atomic E-state index is 12.0. The molecule has 0 saturated heterocycles. The molecule has 0 atom stereocenters. The van der Waals surface area contributed by atoms with Gasteiger partial charge < -0.3 is 20.5 Å². The molecule has 2 rings (SSSR count). The van der Waals surface area contributed by atoms with Gasteiger partial charge in [0.05, 0.1) is 32.6 Å². The van der Waals surface area contributed by atoms with Crippen LogP contribution in [0.3, 0.4) is 0 Å². The van der Waals surface area contributed by atoms with Crippen LogP contribution in [0.5, 0.6) is 11.5 Å². The van der Waals surface area contributed by atoms with Gasteiger partial charge in [0, 0.05) is 18.3 Å². The third kappa shape index (κ3) is 3.65. The fourth-order valence-electron chi connectivity index (χ4n) is 1.87. The van der Waals surface area contributed by atoms with Gasteiger partial charge in [-0.1, -0.05) is 0 Å². The molecule has 0 fully saturated rings. The van der Waals surface area contributed by atoms with Crippen LogP contribution in [0, 0.1) is 0 Å². The Morgan fingerprint density at radius 1 is 1.33 bits per heavy atom. The van der Waals surface area contributed by atoms with Crippen molar-refractivity contribution in [1.29, 1.82) is 0 Å². The maximum Gasteiger partial charge on any atom is 0.251 e. The second-order valence-electron chi connectivity index (χ2n) is 4.36. The molecule has 0 aliphatic carbocycles. The molecule has 7 heteroatoms. The number of hydrogen-bond donors (Lipinski definition) is 2. The number of nitrogens with one attached hydrogen (secondary N) is 1. The number of hydrogen-bond acceptors (Lipinski definition) is 5. The normalized spacial score (nSPS) is 10.2. The van der Waals surface area contributed by atoms with Crippen LogP contribution < -0.4 is 20.5 Å². The topological polar surface area (TPSA) is 91.4 Å². The summed E-state index contributed by atoms with van der Waals surface area (Å²) in [5.41, 5.74) is 6.67. The summed E-state index contributed by atoms with van der Waals surface area (Å²) >= 11 is 0. The first kappa shape index (κ1) is 14.7. The predicted octanol–water partition coefficient (Wildman–Crippen LogP) is 0.912. The molecule has 2 aromatic rings. The number of anilines is 1. The fraction of sp³-hybridized carbons (Fsp3) is 0.286. The number of ether oxygens (including phenoxy) is 2. The van der Waals surface area contributed by atoms with Crippen molar-refractivity contribution in [2.75, 3.05) is 26.5 Å². The lowest BCUT2D eigenvalue weighted by molar-refractivity contribution is 0.0951. The van der Waals surface area contributed by atoms with Crippen molar-refractivity contribution >= 4 is 11.6 Å². The Balaban J connectivity index is 1.93. The fourth-order valence-corrected chi connectivity index (χ4v) is 1.87. The highest BCUT2D eigenvalue weighted by Gasteiger charge is 2.10. The molecule has 0 aliphatic heterocycles. The van der Waals surface area contributed by atoms with E-state index >= 15 is 0 Å². The Labute approximate surface area is 122 Å². The Morgan fingerprint density at radius 2 is 2.10 bits per heavy atom. The minimum Gasteiger partial charge on any atom is -0.493 e. The summed E-state index contributed by atoms with van der Waals surface area (Å²) in [6, 6.07) is 5.02. The highest BCUT2D eigenvalue weighted by molar-refractivity contribution is 5.94. The zero-order valence-corrected chi connectivity index (χ0v) is 12.0. The number of methoxy groups -OCH3 is 2. The van der Waals surface area contributed by atoms with Gasteiger partial charge in [-0.15, -0.1) is 0 Å². The molecule has 7 nitrogen and oxygen atoms in total. The Bertz CT molecular complexity index is 624. The zero-order chi connectivity index (χ0) is 15.2. The van der Waals surface area contributed by atoms with Gasteiger partial charge in [0.25, 0.3) is 5.91 Å². The monoisotopic (exact) mass is 290 g/mol. The number of nitrogens with zero attached hydrogens (tertiary/aromatic N) is 2. The first-order valence-electron chi connectivity index (χ1n) is 6.42. The van der Waals surface area contributed by atoms with Gasteiger partial charge in [-0.2, -0.15) is 5.10 Å². The number of nitrogen functional groups attached to an aromatic ring is 1. The van der Waals surface area contributed by atoms with Crippen LogP contribution in [0.2, 0.25) is 0 Å². The van der Waals surface area contributed by atoms with Crippen LogP contribution in [0.1, 0.15) is 10.4 Å². The highest BCUT2D eigenvalue weighted by atomic mass is 16.5. The number of carbonyl (C=O) groups excluding carboxylic acids is 1. The number of aromatic nitrogens is 2. The van der Waals surface area contributed by atoms with E-state index in [0.717, 1.165) is 0 Å². The van der Waals surface area contributed by atoms with Gasteiger partial charge in [-0.3, -0.25) is 9.48 Å². The van der Waals surface area contributed by atoms with E-state index in [4.69, 9.17) is 15.2 Å². The van der Waals surface area contributed by atoms with Gasteiger partial charge >= 0.3 is 0 Å². The Hall–Kier alpha value is -2.70. The van der Waals surface area contributed by atoms with Gasteiger partial charge in [-0.05, 0) is 18.2 Å². The molecule has 1 amide bonds. The zero-order valence-electron chi connectivity index (χ0n) is 12.0. The molecule has 0 aliphatic rings. The van der Waals surface area contributed by atoms with E-state index < -0.39 is 0 Å². The van der Waals surface area contributed by atoms with E-state index in [0.29, 0.717) is 35.8 Å². The van der Waals surface area contributed by atoms with Crippen molar-refractivity contribution in [3.05, 3.63) is 36.2 Å². The molecular formula is C14H18N4O3. The minimum atomic E-state index is -0.184.